The molecular weight excluding hydrogens is 269 g/mol. The highest BCUT2D eigenvalue weighted by atomic mass is 32.2. The van der Waals surface area contributed by atoms with Crippen LogP contribution in [0, 0.1) is 0 Å². The molecule has 0 rings (SSSR count). The van der Waals surface area contributed by atoms with E-state index in [9.17, 15) is 13.2 Å². The van der Waals surface area contributed by atoms with E-state index in [-0.39, 0.29) is 17.0 Å². The van der Waals surface area contributed by atoms with Gasteiger partial charge in [-0.1, -0.05) is 64.4 Å². The van der Waals surface area contributed by atoms with Crippen molar-refractivity contribution in [3.63, 3.8) is 0 Å². The summed E-state index contributed by atoms with van der Waals surface area (Å²) >= 11 is 0.130. The van der Waals surface area contributed by atoms with Gasteiger partial charge in [0, 0.05) is 5.25 Å². The smallest absolute Gasteiger partial charge is 0.160 e. The Kier molecular flexibility index (Phi) is 11.6. The fourth-order valence-electron chi connectivity index (χ4n) is 2.11. The molecule has 114 valence electrons. The van der Waals surface area contributed by atoms with Crippen LogP contribution < -0.4 is 0 Å². The summed E-state index contributed by atoms with van der Waals surface area (Å²) in [6, 6.07) is 0. The summed E-state index contributed by atoms with van der Waals surface area (Å²) in [7, 11) is 0. The van der Waals surface area contributed by atoms with Gasteiger partial charge in [0.05, 0.1) is 0 Å². The Hall–Kier alpha value is -0.120. The minimum absolute atomic E-state index is 0.130. The lowest BCUT2D eigenvalue weighted by molar-refractivity contribution is -0.0334. The molecule has 0 bridgehead atoms. The number of hydrogen-bond acceptors (Lipinski definition) is 1. The molecule has 1 atom stereocenters. The summed E-state index contributed by atoms with van der Waals surface area (Å²) in [6.45, 7) is 5.73. The minimum atomic E-state index is -4.12. The maximum Gasteiger partial charge on any atom is 0.442 e. The summed E-state index contributed by atoms with van der Waals surface area (Å²) < 4.78 is 36.9. The maximum absolute atomic E-state index is 12.3. The van der Waals surface area contributed by atoms with E-state index in [1.165, 1.54) is 32.1 Å². The van der Waals surface area contributed by atoms with E-state index in [0.29, 0.717) is 12.8 Å². The summed E-state index contributed by atoms with van der Waals surface area (Å²) in [5, 5.41) is -0.349. The molecule has 0 saturated carbocycles. The van der Waals surface area contributed by atoms with Gasteiger partial charge in [-0.3, -0.25) is 0 Å². The Bertz CT molecular complexity index is 214. The Morgan fingerprint density at radius 2 is 1.53 bits per heavy atom. The average molecular weight is 296 g/mol. The van der Waals surface area contributed by atoms with Gasteiger partial charge >= 0.3 is 5.51 Å². The fraction of sp³-hybridized carbons (Fsp3) is 0.867. The quantitative estimate of drug-likeness (QED) is 0.285. The van der Waals surface area contributed by atoms with Crippen LogP contribution in [0.5, 0.6) is 0 Å². The molecule has 0 saturated heterocycles. The predicted octanol–water partition coefficient (Wildman–Crippen LogP) is 6.71. The molecule has 0 nitrogen and oxygen atoms in total. The molecule has 0 aromatic carbocycles. The van der Waals surface area contributed by atoms with Crippen molar-refractivity contribution >= 4 is 11.8 Å². The second kappa shape index (κ2) is 11.7. The molecule has 0 aliphatic rings. The molecule has 0 fully saturated rings. The highest BCUT2D eigenvalue weighted by Gasteiger charge is 2.32. The first kappa shape index (κ1) is 18.9. The second-order valence-electron chi connectivity index (χ2n) is 4.97. The van der Waals surface area contributed by atoms with Crippen LogP contribution >= 0.6 is 11.8 Å². The van der Waals surface area contributed by atoms with Crippen molar-refractivity contribution in [2.75, 3.05) is 0 Å². The van der Waals surface area contributed by atoms with Crippen LogP contribution in [-0.4, -0.2) is 10.8 Å². The van der Waals surface area contributed by atoms with Gasteiger partial charge in [0.25, 0.3) is 0 Å². The highest BCUT2D eigenvalue weighted by molar-refractivity contribution is 8.00. The molecule has 0 unspecified atom stereocenters. The zero-order valence-corrected chi connectivity index (χ0v) is 12.8. The highest BCUT2D eigenvalue weighted by Crippen LogP contribution is 2.37. The zero-order valence-electron chi connectivity index (χ0n) is 12.0. The van der Waals surface area contributed by atoms with Gasteiger partial charge in [0.1, 0.15) is 0 Å². The van der Waals surface area contributed by atoms with Crippen LogP contribution in [0.3, 0.4) is 0 Å². The predicted molar refractivity (Wildman–Crippen MR) is 79.5 cm³/mol. The van der Waals surface area contributed by atoms with Gasteiger partial charge in [0.2, 0.25) is 0 Å². The number of hydrogen-bond donors (Lipinski definition) is 0. The molecule has 0 amide bonds. The van der Waals surface area contributed by atoms with E-state index in [1.807, 2.05) is 0 Å². The van der Waals surface area contributed by atoms with Crippen molar-refractivity contribution in [2.45, 2.75) is 81.9 Å². The molecule has 19 heavy (non-hydrogen) atoms. The van der Waals surface area contributed by atoms with E-state index in [4.69, 9.17) is 0 Å². The van der Waals surface area contributed by atoms with Gasteiger partial charge in [-0.25, -0.2) is 0 Å². The first-order chi connectivity index (χ1) is 8.99. The number of allylic oxidation sites excluding steroid dienone is 1. The average Bonchev–Trinajstić information content (AvgIpc) is 2.31. The molecule has 0 aliphatic heterocycles. The Balaban J connectivity index is 3.56. The zero-order chi connectivity index (χ0) is 14.6. The lowest BCUT2D eigenvalue weighted by Gasteiger charge is -2.16. The van der Waals surface area contributed by atoms with Crippen molar-refractivity contribution in [3.8, 4) is 0 Å². The van der Waals surface area contributed by atoms with E-state index in [0.717, 1.165) is 19.3 Å². The summed E-state index contributed by atoms with van der Waals surface area (Å²) in [5.74, 6) is 0. The van der Waals surface area contributed by atoms with E-state index in [1.54, 1.807) is 6.08 Å². The van der Waals surface area contributed by atoms with E-state index < -0.39 is 5.51 Å². The lowest BCUT2D eigenvalue weighted by atomic mass is 10.1. The molecule has 0 heterocycles. The number of halogens is 3. The van der Waals surface area contributed by atoms with Crippen molar-refractivity contribution < 1.29 is 13.2 Å². The van der Waals surface area contributed by atoms with Crippen LogP contribution in [0.1, 0.15) is 71.1 Å². The molecule has 0 aromatic heterocycles. The summed E-state index contributed by atoms with van der Waals surface area (Å²) in [4.78, 5) is 0. The third-order valence-corrected chi connectivity index (χ3v) is 4.14. The molecular formula is C15H27F3S. The number of rotatable bonds is 12. The van der Waals surface area contributed by atoms with Crippen LogP contribution in [0.25, 0.3) is 0 Å². The van der Waals surface area contributed by atoms with Crippen LogP contribution in [-0.2, 0) is 0 Å². The maximum atomic E-state index is 12.3. The normalized spacial score (nSPS) is 13.5. The molecule has 0 aliphatic carbocycles. The fourth-order valence-corrected chi connectivity index (χ4v) is 3.00. The van der Waals surface area contributed by atoms with Gasteiger partial charge in [-0.15, -0.1) is 6.58 Å². The second-order valence-corrected chi connectivity index (χ2v) is 6.34. The van der Waals surface area contributed by atoms with E-state index >= 15 is 0 Å². The summed E-state index contributed by atoms with van der Waals surface area (Å²) in [6.07, 6.45) is 12.1. The Morgan fingerprint density at radius 3 is 2.00 bits per heavy atom. The van der Waals surface area contributed by atoms with Crippen molar-refractivity contribution in [3.05, 3.63) is 12.7 Å². The first-order valence-electron chi connectivity index (χ1n) is 7.35. The molecule has 0 spiro atoms. The molecule has 0 aromatic rings. The van der Waals surface area contributed by atoms with Gasteiger partial charge in [-0.05, 0) is 24.6 Å². The van der Waals surface area contributed by atoms with Gasteiger partial charge in [0.15, 0.2) is 0 Å². The van der Waals surface area contributed by atoms with Crippen LogP contribution in [0.2, 0.25) is 0 Å². The minimum Gasteiger partial charge on any atom is -0.160 e. The van der Waals surface area contributed by atoms with Crippen molar-refractivity contribution in [1.29, 1.82) is 0 Å². The molecule has 0 radical (unpaired) electrons. The Morgan fingerprint density at radius 1 is 1.00 bits per heavy atom. The third-order valence-electron chi connectivity index (χ3n) is 3.11. The summed E-state index contributed by atoms with van der Waals surface area (Å²) in [5.41, 5.74) is -4.12. The Labute approximate surface area is 120 Å². The number of alkyl halides is 3. The molecule has 0 N–H and O–H groups in total. The van der Waals surface area contributed by atoms with Crippen LogP contribution in [0.15, 0.2) is 12.7 Å². The topological polar surface area (TPSA) is 0 Å². The van der Waals surface area contributed by atoms with Gasteiger partial charge < -0.3 is 0 Å². The van der Waals surface area contributed by atoms with Crippen molar-refractivity contribution in [1.82, 2.24) is 0 Å². The van der Waals surface area contributed by atoms with Crippen molar-refractivity contribution in [2.24, 2.45) is 0 Å². The van der Waals surface area contributed by atoms with Crippen LogP contribution in [0.4, 0.5) is 13.2 Å². The van der Waals surface area contributed by atoms with Gasteiger partial charge in [-0.2, -0.15) is 13.2 Å². The lowest BCUT2D eigenvalue weighted by Crippen LogP contribution is -2.11. The third kappa shape index (κ3) is 14.1. The SMILES string of the molecule is C=CC[C@H](CCCCCCCCCC)SC(F)(F)F. The van der Waals surface area contributed by atoms with E-state index in [2.05, 4.69) is 13.5 Å². The first-order valence-corrected chi connectivity index (χ1v) is 8.23. The standard InChI is InChI=1S/C15H27F3S/c1-3-5-6-7-8-9-10-11-13-14(12-4-2)19-15(16,17)18/h4,14H,2-3,5-13H2,1H3/t14-/m1/s1. The largest absolute Gasteiger partial charge is 0.442 e. The number of unbranched alkanes of at least 4 members (excludes halogenated alkanes) is 7. The monoisotopic (exact) mass is 296 g/mol. The number of thioether (sulfide) groups is 1. The molecule has 4 heteroatoms.